The molecule has 0 aliphatic rings. The molecule has 3 rings (SSSR count). The maximum Gasteiger partial charge on any atom is 0.279 e. The van der Waals surface area contributed by atoms with E-state index in [-0.39, 0.29) is 11.1 Å². The second-order valence-electron chi connectivity index (χ2n) is 5.67. The molecule has 0 aliphatic heterocycles. The van der Waals surface area contributed by atoms with E-state index in [1.165, 1.54) is 6.92 Å². The van der Waals surface area contributed by atoms with Gasteiger partial charge in [0.15, 0.2) is 0 Å². The van der Waals surface area contributed by atoms with E-state index in [2.05, 4.69) is 5.32 Å². The summed E-state index contributed by atoms with van der Waals surface area (Å²) in [4.78, 5) is 33.2. The molecule has 26 heavy (non-hydrogen) atoms. The average molecular weight is 351 g/mol. The predicted molar refractivity (Wildman–Crippen MR) is 96.4 cm³/mol. The van der Waals surface area contributed by atoms with Crippen LogP contribution in [0.4, 0.5) is 17.1 Å². The number of nitro groups is 2. The molecular formula is C18H13N3O5. The SMILES string of the molecule is Cc1c(C(=O)Nc2ccc3ccccc3c2)cc([N+](=O)[O-])cc1[N+](=O)[O-]. The van der Waals surface area contributed by atoms with E-state index >= 15 is 0 Å². The van der Waals surface area contributed by atoms with Gasteiger partial charge >= 0.3 is 0 Å². The number of amides is 1. The zero-order valence-electron chi connectivity index (χ0n) is 13.6. The molecule has 0 saturated carbocycles. The summed E-state index contributed by atoms with van der Waals surface area (Å²) in [5, 5.41) is 26.7. The van der Waals surface area contributed by atoms with Crippen LogP contribution in [0.25, 0.3) is 10.8 Å². The summed E-state index contributed by atoms with van der Waals surface area (Å²) in [5.41, 5.74) is -0.533. The number of nitrogens with zero attached hydrogens (tertiary/aromatic N) is 2. The minimum absolute atomic E-state index is 0.0684. The normalized spacial score (nSPS) is 10.5. The fraction of sp³-hybridized carbons (Fsp3) is 0.0556. The molecule has 130 valence electrons. The van der Waals surface area contributed by atoms with Crippen molar-refractivity contribution in [3.05, 3.63) is 86.0 Å². The monoisotopic (exact) mass is 351 g/mol. The Morgan fingerprint density at radius 1 is 0.923 bits per heavy atom. The molecular weight excluding hydrogens is 338 g/mol. The quantitative estimate of drug-likeness (QED) is 0.558. The Morgan fingerprint density at radius 2 is 1.62 bits per heavy atom. The molecule has 0 radical (unpaired) electrons. The van der Waals surface area contributed by atoms with Crippen molar-refractivity contribution in [1.82, 2.24) is 0 Å². The van der Waals surface area contributed by atoms with Crippen LogP contribution in [-0.2, 0) is 0 Å². The van der Waals surface area contributed by atoms with Gasteiger partial charge in [-0.15, -0.1) is 0 Å². The van der Waals surface area contributed by atoms with Gasteiger partial charge in [-0.1, -0.05) is 30.3 Å². The van der Waals surface area contributed by atoms with Crippen LogP contribution in [0.15, 0.2) is 54.6 Å². The van der Waals surface area contributed by atoms with E-state index in [0.29, 0.717) is 5.69 Å². The van der Waals surface area contributed by atoms with Crippen molar-refractivity contribution in [3.8, 4) is 0 Å². The van der Waals surface area contributed by atoms with Gasteiger partial charge in [-0.05, 0) is 29.8 Å². The van der Waals surface area contributed by atoms with Gasteiger partial charge in [0.05, 0.1) is 21.5 Å². The summed E-state index contributed by atoms with van der Waals surface area (Å²) in [6.07, 6.45) is 0. The van der Waals surface area contributed by atoms with Gasteiger partial charge in [-0.25, -0.2) is 0 Å². The Balaban J connectivity index is 2.00. The molecule has 0 atom stereocenters. The van der Waals surface area contributed by atoms with Crippen LogP contribution >= 0.6 is 0 Å². The summed E-state index contributed by atoms with van der Waals surface area (Å²) in [7, 11) is 0. The van der Waals surface area contributed by atoms with Gasteiger partial charge in [0.25, 0.3) is 17.3 Å². The lowest BCUT2D eigenvalue weighted by Crippen LogP contribution is -2.14. The molecule has 0 saturated heterocycles. The zero-order chi connectivity index (χ0) is 18.8. The number of non-ortho nitro benzene ring substituents is 1. The van der Waals surface area contributed by atoms with E-state index in [9.17, 15) is 25.0 Å². The minimum Gasteiger partial charge on any atom is -0.322 e. The van der Waals surface area contributed by atoms with E-state index in [1.807, 2.05) is 30.3 Å². The van der Waals surface area contributed by atoms with Gasteiger partial charge in [-0.2, -0.15) is 0 Å². The van der Waals surface area contributed by atoms with Crippen molar-refractivity contribution in [2.24, 2.45) is 0 Å². The summed E-state index contributed by atoms with van der Waals surface area (Å²) in [6.45, 7) is 1.39. The van der Waals surface area contributed by atoms with Crippen LogP contribution in [0.3, 0.4) is 0 Å². The molecule has 0 unspecified atom stereocenters. The molecule has 8 nitrogen and oxygen atoms in total. The Bertz CT molecular complexity index is 1060. The molecule has 8 heteroatoms. The van der Waals surface area contributed by atoms with E-state index in [0.717, 1.165) is 22.9 Å². The highest BCUT2D eigenvalue weighted by molar-refractivity contribution is 6.07. The highest BCUT2D eigenvalue weighted by Gasteiger charge is 2.24. The highest BCUT2D eigenvalue weighted by atomic mass is 16.6. The number of rotatable bonds is 4. The van der Waals surface area contributed by atoms with Crippen LogP contribution in [0, 0.1) is 27.2 Å². The van der Waals surface area contributed by atoms with Crippen molar-refractivity contribution < 1.29 is 14.6 Å². The summed E-state index contributed by atoms with van der Waals surface area (Å²) < 4.78 is 0. The molecule has 0 bridgehead atoms. The van der Waals surface area contributed by atoms with Crippen molar-refractivity contribution in [2.75, 3.05) is 5.32 Å². The second kappa shape index (κ2) is 6.60. The van der Waals surface area contributed by atoms with Gasteiger partial charge in [0, 0.05) is 17.3 Å². The van der Waals surface area contributed by atoms with Crippen molar-refractivity contribution >= 4 is 33.7 Å². The van der Waals surface area contributed by atoms with E-state index in [1.54, 1.807) is 12.1 Å². The third-order valence-electron chi connectivity index (χ3n) is 4.02. The molecule has 0 spiro atoms. The Morgan fingerprint density at radius 3 is 2.27 bits per heavy atom. The topological polar surface area (TPSA) is 115 Å². The molecule has 1 N–H and O–H groups in total. The Hall–Kier alpha value is -3.81. The molecule has 1 amide bonds. The summed E-state index contributed by atoms with van der Waals surface area (Å²) in [6, 6.07) is 14.7. The zero-order valence-corrected chi connectivity index (χ0v) is 13.6. The van der Waals surface area contributed by atoms with Crippen LogP contribution in [0.2, 0.25) is 0 Å². The highest BCUT2D eigenvalue weighted by Crippen LogP contribution is 2.29. The van der Waals surface area contributed by atoms with Gasteiger partial charge in [0.1, 0.15) is 0 Å². The number of anilines is 1. The molecule has 3 aromatic carbocycles. The second-order valence-corrected chi connectivity index (χ2v) is 5.67. The first-order chi connectivity index (χ1) is 12.4. The van der Waals surface area contributed by atoms with Crippen LogP contribution in [0.1, 0.15) is 15.9 Å². The first kappa shape index (κ1) is 17.0. The van der Waals surface area contributed by atoms with Crippen LogP contribution < -0.4 is 5.32 Å². The summed E-state index contributed by atoms with van der Waals surface area (Å²) in [5.74, 6) is -0.649. The molecule has 0 aromatic heterocycles. The maximum atomic E-state index is 12.6. The van der Waals surface area contributed by atoms with Crippen molar-refractivity contribution in [1.29, 1.82) is 0 Å². The fourth-order valence-corrected chi connectivity index (χ4v) is 2.68. The number of benzene rings is 3. The standard InChI is InChI=1S/C18H13N3O5/c1-11-16(9-15(20(23)24)10-17(11)21(25)26)18(22)19-14-7-6-12-4-2-3-5-13(12)8-14/h2-10H,1H3,(H,19,22). The number of fused-ring (bicyclic) bond motifs is 1. The third kappa shape index (κ3) is 3.20. The minimum atomic E-state index is -0.765. The van der Waals surface area contributed by atoms with Gasteiger partial charge < -0.3 is 5.32 Å². The van der Waals surface area contributed by atoms with Gasteiger partial charge in [-0.3, -0.25) is 25.0 Å². The lowest BCUT2D eigenvalue weighted by Gasteiger charge is -2.09. The fourth-order valence-electron chi connectivity index (χ4n) is 2.68. The molecule has 3 aromatic rings. The Kier molecular flexibility index (Phi) is 4.32. The number of hydrogen-bond donors (Lipinski definition) is 1. The predicted octanol–water partition coefficient (Wildman–Crippen LogP) is 4.22. The van der Waals surface area contributed by atoms with Crippen LogP contribution in [-0.4, -0.2) is 15.8 Å². The molecule has 0 fully saturated rings. The number of nitrogens with one attached hydrogen (secondary N) is 1. The van der Waals surface area contributed by atoms with Gasteiger partial charge in [0.2, 0.25) is 0 Å². The molecule has 0 heterocycles. The first-order valence-electron chi connectivity index (χ1n) is 7.60. The number of carbonyl (C=O) groups is 1. The lowest BCUT2D eigenvalue weighted by molar-refractivity contribution is -0.394. The molecule has 0 aliphatic carbocycles. The van der Waals surface area contributed by atoms with Crippen molar-refractivity contribution in [3.63, 3.8) is 0 Å². The van der Waals surface area contributed by atoms with E-state index < -0.39 is 27.1 Å². The summed E-state index contributed by atoms with van der Waals surface area (Å²) >= 11 is 0. The number of nitro benzene ring substituents is 2. The Labute approximate surface area is 147 Å². The number of carbonyl (C=O) groups excluding carboxylic acids is 1. The smallest absolute Gasteiger partial charge is 0.279 e. The van der Waals surface area contributed by atoms with Crippen molar-refractivity contribution in [2.45, 2.75) is 6.92 Å². The van der Waals surface area contributed by atoms with Crippen LogP contribution in [0.5, 0.6) is 0 Å². The maximum absolute atomic E-state index is 12.6. The average Bonchev–Trinajstić information content (AvgIpc) is 2.61. The first-order valence-corrected chi connectivity index (χ1v) is 7.60. The largest absolute Gasteiger partial charge is 0.322 e. The van der Waals surface area contributed by atoms with E-state index in [4.69, 9.17) is 0 Å². The third-order valence-corrected chi connectivity index (χ3v) is 4.02. The number of hydrogen-bond acceptors (Lipinski definition) is 5. The lowest BCUT2D eigenvalue weighted by atomic mass is 10.0.